The van der Waals surface area contributed by atoms with Gasteiger partial charge in [0.05, 0.1) is 6.04 Å². The molecule has 11 heteroatoms. The highest BCUT2D eigenvalue weighted by molar-refractivity contribution is 7.09. The molecule has 4 N–H and O–H groups in total. The molecule has 0 aromatic carbocycles. The Morgan fingerprint density at radius 2 is 1.56 bits per heavy atom. The summed E-state index contributed by atoms with van der Waals surface area (Å²) < 4.78 is 25.6. The first-order chi connectivity index (χ1) is 14.9. The maximum absolute atomic E-state index is 13.0. The number of rotatable bonds is 14. The Labute approximate surface area is 190 Å². The van der Waals surface area contributed by atoms with Gasteiger partial charge < -0.3 is 21.1 Å². The fourth-order valence-electron chi connectivity index (χ4n) is 3.07. The fraction of sp³-hybridized carbons (Fsp3) is 0.619. The number of hydrogen-bond acceptors (Lipinski definition) is 6. The van der Waals surface area contributed by atoms with Crippen molar-refractivity contribution >= 4 is 34.9 Å². The van der Waals surface area contributed by atoms with Crippen LogP contribution in [0.5, 0.6) is 0 Å². The molecule has 1 aromatic rings. The Hall–Kier alpha value is -2.40. The number of alkyl halides is 2. The zero-order valence-corrected chi connectivity index (χ0v) is 19.4. The molecule has 0 spiro atoms. The molecule has 0 saturated carbocycles. The minimum atomic E-state index is -2.99. The monoisotopic (exact) mass is 475 g/mol. The summed E-state index contributed by atoms with van der Waals surface area (Å²) in [6.07, 6.45) is -3.56. The van der Waals surface area contributed by atoms with E-state index in [1.807, 2.05) is 31.4 Å². The number of ketones is 1. The molecular weight excluding hydrogens is 444 g/mol. The van der Waals surface area contributed by atoms with Gasteiger partial charge in [-0.15, -0.1) is 11.3 Å². The quantitative estimate of drug-likeness (QED) is 0.305. The molecule has 1 aromatic heterocycles. The predicted octanol–water partition coefficient (Wildman–Crippen LogP) is 1.98. The van der Waals surface area contributed by atoms with Crippen LogP contribution < -0.4 is 16.0 Å². The number of nitrogens with one attached hydrogen (secondary N) is 3. The lowest BCUT2D eigenvalue weighted by Crippen LogP contribution is -2.57. The van der Waals surface area contributed by atoms with Crippen LogP contribution in [-0.2, 0) is 25.6 Å². The summed E-state index contributed by atoms with van der Waals surface area (Å²) in [7, 11) is 0. The Bertz CT molecular complexity index is 771. The maximum Gasteiger partial charge on any atom is 0.374 e. The van der Waals surface area contributed by atoms with Gasteiger partial charge in [-0.3, -0.25) is 14.4 Å². The first-order valence-electron chi connectivity index (χ1n) is 10.3. The molecule has 8 nitrogen and oxygen atoms in total. The largest absolute Gasteiger partial charge is 0.475 e. The molecule has 0 radical (unpaired) electrons. The topological polar surface area (TPSA) is 125 Å². The molecule has 0 fully saturated rings. The summed E-state index contributed by atoms with van der Waals surface area (Å²) in [5.74, 6) is -4.85. The lowest BCUT2D eigenvalue weighted by Gasteiger charge is -2.26. The van der Waals surface area contributed by atoms with Gasteiger partial charge in [-0.1, -0.05) is 33.8 Å². The molecular formula is C21H31F2N3O5S. The van der Waals surface area contributed by atoms with Gasteiger partial charge in [0.15, 0.2) is 0 Å². The van der Waals surface area contributed by atoms with E-state index in [1.165, 1.54) is 11.3 Å². The van der Waals surface area contributed by atoms with E-state index >= 15 is 0 Å². The Morgan fingerprint density at radius 1 is 0.969 bits per heavy atom. The van der Waals surface area contributed by atoms with Crippen molar-refractivity contribution in [2.75, 3.05) is 0 Å². The molecule has 0 aliphatic rings. The van der Waals surface area contributed by atoms with Crippen LogP contribution in [0.25, 0.3) is 0 Å². The van der Waals surface area contributed by atoms with Crippen molar-refractivity contribution in [2.24, 2.45) is 5.92 Å². The van der Waals surface area contributed by atoms with Gasteiger partial charge in [0.25, 0.3) is 5.78 Å². The van der Waals surface area contributed by atoms with E-state index in [2.05, 4.69) is 16.0 Å². The first kappa shape index (κ1) is 27.6. The summed E-state index contributed by atoms with van der Waals surface area (Å²) in [4.78, 5) is 49.4. The molecule has 2 amide bonds. The van der Waals surface area contributed by atoms with E-state index in [-0.39, 0.29) is 18.4 Å². The Balaban J connectivity index is 3.00. The third-order valence-corrected chi connectivity index (χ3v) is 5.33. The average molecular weight is 476 g/mol. The van der Waals surface area contributed by atoms with Crippen molar-refractivity contribution in [3.8, 4) is 0 Å². The highest BCUT2D eigenvalue weighted by Crippen LogP contribution is 2.13. The number of aliphatic carboxylic acids is 1. The molecule has 0 aliphatic heterocycles. The SMILES string of the molecule is CC(C)CC(NC(=O)C(Cc1cccs1)NC(C)C)C(=O)NC(CC(F)F)C(=O)C(=O)O. The van der Waals surface area contributed by atoms with Crippen LogP contribution in [0.15, 0.2) is 17.5 Å². The minimum absolute atomic E-state index is 0.0216. The summed E-state index contributed by atoms with van der Waals surface area (Å²) in [5.41, 5.74) is 0. The van der Waals surface area contributed by atoms with E-state index in [0.717, 1.165) is 4.88 Å². The maximum atomic E-state index is 13.0. The van der Waals surface area contributed by atoms with Crippen LogP contribution in [0.2, 0.25) is 0 Å². The summed E-state index contributed by atoms with van der Waals surface area (Å²) in [6, 6.07) is 0.0753. The van der Waals surface area contributed by atoms with E-state index in [4.69, 9.17) is 5.11 Å². The number of carbonyl (C=O) groups excluding carboxylic acids is 3. The van der Waals surface area contributed by atoms with Gasteiger partial charge in [0, 0.05) is 23.8 Å². The molecule has 3 atom stereocenters. The molecule has 32 heavy (non-hydrogen) atoms. The highest BCUT2D eigenvalue weighted by Gasteiger charge is 2.33. The lowest BCUT2D eigenvalue weighted by atomic mass is 10.0. The third-order valence-electron chi connectivity index (χ3n) is 4.43. The van der Waals surface area contributed by atoms with Crippen LogP contribution in [0.1, 0.15) is 45.4 Å². The van der Waals surface area contributed by atoms with Crippen LogP contribution in [0, 0.1) is 5.92 Å². The number of thiophene rings is 1. The van der Waals surface area contributed by atoms with Crippen molar-refractivity contribution < 1.29 is 33.1 Å². The summed E-state index contributed by atoms with van der Waals surface area (Å²) >= 11 is 1.49. The number of Topliss-reactive ketones (excluding diaryl/α,β-unsaturated/α-hetero) is 1. The van der Waals surface area contributed by atoms with E-state index in [9.17, 15) is 28.0 Å². The fourth-order valence-corrected chi connectivity index (χ4v) is 3.82. The van der Waals surface area contributed by atoms with Gasteiger partial charge in [0.1, 0.15) is 12.1 Å². The van der Waals surface area contributed by atoms with Gasteiger partial charge in [-0.05, 0) is 23.8 Å². The number of carboxylic acids is 1. The number of amides is 2. The third kappa shape index (κ3) is 9.82. The smallest absolute Gasteiger partial charge is 0.374 e. The molecule has 0 bridgehead atoms. The number of hydrogen-bond donors (Lipinski definition) is 4. The molecule has 1 heterocycles. The first-order valence-corrected chi connectivity index (χ1v) is 11.2. The zero-order chi connectivity index (χ0) is 24.4. The standard InChI is InChI=1S/C21H31F2N3O5S/c1-11(2)8-15(19(28)25-14(10-17(22)23)18(27)21(30)31)26-20(29)16(24-12(3)4)9-13-6-5-7-32-13/h5-7,11-12,14-17,24H,8-10H2,1-4H3,(H,25,28)(H,26,29)(H,30,31). The molecule has 0 aliphatic carbocycles. The summed E-state index contributed by atoms with van der Waals surface area (Å²) in [6.45, 7) is 7.36. The predicted molar refractivity (Wildman–Crippen MR) is 117 cm³/mol. The van der Waals surface area contributed by atoms with Crippen molar-refractivity contribution in [1.29, 1.82) is 0 Å². The number of carboxylic acid groups (broad SMARTS) is 1. The molecule has 180 valence electrons. The zero-order valence-electron chi connectivity index (χ0n) is 18.6. The van der Waals surface area contributed by atoms with Crippen LogP contribution in [0.4, 0.5) is 8.78 Å². The van der Waals surface area contributed by atoms with E-state index in [0.29, 0.717) is 6.42 Å². The second-order valence-corrected chi connectivity index (χ2v) is 9.24. The van der Waals surface area contributed by atoms with Crippen LogP contribution in [0.3, 0.4) is 0 Å². The van der Waals surface area contributed by atoms with Crippen LogP contribution >= 0.6 is 11.3 Å². The molecule has 3 unspecified atom stereocenters. The van der Waals surface area contributed by atoms with Gasteiger partial charge >= 0.3 is 5.97 Å². The molecule has 0 saturated heterocycles. The van der Waals surface area contributed by atoms with Crippen molar-refractivity contribution in [3.63, 3.8) is 0 Å². The minimum Gasteiger partial charge on any atom is -0.475 e. The van der Waals surface area contributed by atoms with Gasteiger partial charge in [-0.2, -0.15) is 0 Å². The summed E-state index contributed by atoms with van der Waals surface area (Å²) in [5, 5.41) is 18.6. The Morgan fingerprint density at radius 3 is 2.03 bits per heavy atom. The normalized spacial score (nSPS) is 14.3. The van der Waals surface area contributed by atoms with E-state index < -0.39 is 54.5 Å². The van der Waals surface area contributed by atoms with Crippen molar-refractivity contribution in [3.05, 3.63) is 22.4 Å². The Kier molecular flexibility index (Phi) is 11.4. The van der Waals surface area contributed by atoms with Gasteiger partial charge in [-0.25, -0.2) is 13.6 Å². The van der Waals surface area contributed by atoms with Crippen molar-refractivity contribution in [2.45, 2.75) is 77.6 Å². The second kappa shape index (κ2) is 13.2. The van der Waals surface area contributed by atoms with E-state index in [1.54, 1.807) is 13.8 Å². The van der Waals surface area contributed by atoms with Crippen LogP contribution in [-0.4, -0.2) is 59.3 Å². The van der Waals surface area contributed by atoms with Crippen molar-refractivity contribution in [1.82, 2.24) is 16.0 Å². The average Bonchev–Trinajstić information content (AvgIpc) is 3.17. The van der Waals surface area contributed by atoms with Gasteiger partial charge in [0.2, 0.25) is 18.2 Å². The number of carbonyl (C=O) groups is 4. The highest BCUT2D eigenvalue weighted by atomic mass is 32.1. The second-order valence-electron chi connectivity index (χ2n) is 8.21. The number of halogens is 2. The molecule has 1 rings (SSSR count). The lowest BCUT2D eigenvalue weighted by molar-refractivity contribution is -0.151.